The minimum absolute atomic E-state index is 0.268. The zero-order chi connectivity index (χ0) is 22.6. The summed E-state index contributed by atoms with van der Waals surface area (Å²) in [5.74, 6) is -1.10. The molecular weight excluding hydrogens is 424 g/mol. The highest BCUT2D eigenvalue weighted by Gasteiger charge is 2.17. The zero-order valence-corrected chi connectivity index (χ0v) is 18.2. The van der Waals surface area contributed by atoms with Gasteiger partial charge < -0.3 is 10.2 Å². The Balaban J connectivity index is 1.75. The first-order valence-corrected chi connectivity index (χ1v) is 11.2. The van der Waals surface area contributed by atoms with E-state index >= 15 is 0 Å². The maximum absolute atomic E-state index is 13.4. The molecule has 0 unspecified atom stereocenters. The van der Waals surface area contributed by atoms with Crippen LogP contribution in [0.4, 0.5) is 31.9 Å². The fraction of sp³-hybridized carbons (Fsp3) is 0.238. The summed E-state index contributed by atoms with van der Waals surface area (Å²) in [4.78, 5) is 10.7. The smallest absolute Gasteiger partial charge is 0.261 e. The van der Waals surface area contributed by atoms with Crippen molar-refractivity contribution in [2.75, 3.05) is 28.0 Å². The van der Waals surface area contributed by atoms with Crippen LogP contribution in [-0.4, -0.2) is 31.5 Å². The van der Waals surface area contributed by atoms with E-state index in [9.17, 15) is 17.2 Å². The van der Waals surface area contributed by atoms with E-state index in [4.69, 9.17) is 0 Å². The number of hydrogen-bond acceptors (Lipinski definition) is 6. The predicted octanol–water partition coefficient (Wildman–Crippen LogP) is 4.45. The molecule has 0 atom stereocenters. The molecule has 0 amide bonds. The summed E-state index contributed by atoms with van der Waals surface area (Å²) in [6.07, 6.45) is 0. The number of aromatic nitrogens is 2. The van der Waals surface area contributed by atoms with Crippen molar-refractivity contribution in [2.24, 2.45) is 0 Å². The van der Waals surface area contributed by atoms with Gasteiger partial charge in [0.05, 0.1) is 4.90 Å². The Labute approximate surface area is 180 Å². The van der Waals surface area contributed by atoms with E-state index in [2.05, 4.69) is 24.9 Å². The molecule has 0 spiro atoms. The molecule has 164 valence electrons. The maximum Gasteiger partial charge on any atom is 0.261 e. The molecule has 2 aromatic carbocycles. The molecule has 0 aliphatic heterocycles. The molecular formula is C21H23F2N5O2S. The number of benzene rings is 2. The van der Waals surface area contributed by atoms with Gasteiger partial charge in [-0.1, -0.05) is 0 Å². The topological polar surface area (TPSA) is 87.2 Å². The van der Waals surface area contributed by atoms with Gasteiger partial charge in [0.25, 0.3) is 10.0 Å². The molecule has 0 saturated heterocycles. The number of halogens is 2. The quantitative estimate of drug-likeness (QED) is 0.530. The lowest BCUT2D eigenvalue weighted by molar-refractivity contribution is 0.504. The first-order chi connectivity index (χ1) is 14.7. The summed E-state index contributed by atoms with van der Waals surface area (Å²) in [6.45, 7) is 7.62. The molecule has 0 bridgehead atoms. The van der Waals surface area contributed by atoms with Crippen LogP contribution >= 0.6 is 0 Å². The Hall–Kier alpha value is -3.27. The summed E-state index contributed by atoms with van der Waals surface area (Å²) >= 11 is 0. The highest BCUT2D eigenvalue weighted by atomic mass is 32.2. The first-order valence-electron chi connectivity index (χ1n) is 9.67. The van der Waals surface area contributed by atoms with Crippen LogP contribution in [0.15, 0.2) is 53.4 Å². The van der Waals surface area contributed by atoms with E-state index in [1.807, 2.05) is 26.8 Å². The van der Waals surface area contributed by atoms with Crippen molar-refractivity contribution in [1.82, 2.24) is 9.97 Å². The van der Waals surface area contributed by atoms with Gasteiger partial charge in [0, 0.05) is 36.2 Å². The summed E-state index contributed by atoms with van der Waals surface area (Å²) < 4.78 is 53.6. The molecule has 31 heavy (non-hydrogen) atoms. The summed E-state index contributed by atoms with van der Waals surface area (Å²) in [7, 11) is -4.06. The Morgan fingerprint density at radius 2 is 1.55 bits per heavy atom. The van der Waals surface area contributed by atoms with Crippen LogP contribution in [0.3, 0.4) is 0 Å². The standard InChI is InChI=1S/C21H23F2N5O2S/c1-4-28(5-2)20-12-14(3)24-21(26-20)25-15-6-8-16(9-7-15)27-31(29,30)17-10-11-18(22)19(23)13-17/h6-13,27H,4-5H2,1-3H3,(H,24,25,26). The molecule has 7 nitrogen and oxygen atoms in total. The van der Waals surface area contributed by atoms with E-state index in [0.717, 1.165) is 36.7 Å². The number of hydrogen-bond donors (Lipinski definition) is 2. The van der Waals surface area contributed by atoms with Crippen LogP contribution in [0.5, 0.6) is 0 Å². The Kier molecular flexibility index (Phi) is 6.69. The van der Waals surface area contributed by atoms with Gasteiger partial charge in [0.15, 0.2) is 11.6 Å². The van der Waals surface area contributed by atoms with Crippen molar-refractivity contribution in [3.63, 3.8) is 0 Å². The third-order valence-corrected chi connectivity index (χ3v) is 5.90. The molecule has 2 N–H and O–H groups in total. The molecule has 0 saturated carbocycles. The van der Waals surface area contributed by atoms with E-state index in [1.165, 1.54) is 0 Å². The highest BCUT2D eigenvalue weighted by Crippen LogP contribution is 2.22. The third kappa shape index (κ3) is 5.46. The normalized spacial score (nSPS) is 11.3. The molecule has 1 aromatic heterocycles. The predicted molar refractivity (Wildman–Crippen MR) is 117 cm³/mol. The summed E-state index contributed by atoms with van der Waals surface area (Å²) in [5, 5.41) is 3.11. The van der Waals surface area contributed by atoms with Crippen molar-refractivity contribution >= 4 is 33.2 Å². The van der Waals surface area contributed by atoms with Gasteiger partial charge >= 0.3 is 0 Å². The number of nitrogens with zero attached hydrogens (tertiary/aromatic N) is 3. The van der Waals surface area contributed by atoms with Crippen LogP contribution in [0, 0.1) is 18.6 Å². The molecule has 3 rings (SSSR count). The van der Waals surface area contributed by atoms with Gasteiger partial charge in [0.2, 0.25) is 5.95 Å². The summed E-state index contributed by atoms with van der Waals surface area (Å²) in [6, 6.07) is 10.7. The Morgan fingerprint density at radius 1 is 0.903 bits per heavy atom. The SMILES string of the molecule is CCN(CC)c1cc(C)nc(Nc2ccc(NS(=O)(=O)c3ccc(F)c(F)c3)cc2)n1. The number of nitrogens with one attached hydrogen (secondary N) is 2. The highest BCUT2D eigenvalue weighted by molar-refractivity contribution is 7.92. The van der Waals surface area contributed by atoms with Crippen molar-refractivity contribution in [1.29, 1.82) is 0 Å². The monoisotopic (exact) mass is 447 g/mol. The van der Waals surface area contributed by atoms with Crippen molar-refractivity contribution in [3.8, 4) is 0 Å². The van der Waals surface area contributed by atoms with Crippen LogP contribution in [0.25, 0.3) is 0 Å². The maximum atomic E-state index is 13.4. The van der Waals surface area contributed by atoms with Crippen LogP contribution in [0.2, 0.25) is 0 Å². The van der Waals surface area contributed by atoms with Gasteiger partial charge in [-0.25, -0.2) is 22.2 Å². The zero-order valence-electron chi connectivity index (χ0n) is 17.4. The number of anilines is 4. The first kappa shape index (κ1) is 22.4. The fourth-order valence-electron chi connectivity index (χ4n) is 2.93. The minimum atomic E-state index is -4.06. The van der Waals surface area contributed by atoms with Crippen molar-refractivity contribution in [3.05, 3.63) is 65.9 Å². The fourth-order valence-corrected chi connectivity index (χ4v) is 4.00. The second-order valence-corrected chi connectivity index (χ2v) is 8.43. The number of rotatable bonds is 8. The lowest BCUT2D eigenvalue weighted by Gasteiger charge is -2.20. The minimum Gasteiger partial charge on any atom is -0.357 e. The van der Waals surface area contributed by atoms with Crippen LogP contribution in [-0.2, 0) is 10.0 Å². The van der Waals surface area contributed by atoms with E-state index in [0.29, 0.717) is 17.7 Å². The van der Waals surface area contributed by atoms with E-state index < -0.39 is 21.7 Å². The largest absolute Gasteiger partial charge is 0.357 e. The molecule has 0 aliphatic rings. The van der Waals surface area contributed by atoms with E-state index in [-0.39, 0.29) is 10.6 Å². The number of sulfonamides is 1. The molecule has 1 heterocycles. The lowest BCUT2D eigenvalue weighted by atomic mass is 10.3. The van der Waals surface area contributed by atoms with Gasteiger partial charge in [-0.05, 0) is 63.2 Å². The van der Waals surface area contributed by atoms with Gasteiger partial charge in [0.1, 0.15) is 5.82 Å². The van der Waals surface area contributed by atoms with Gasteiger partial charge in [-0.2, -0.15) is 4.98 Å². The van der Waals surface area contributed by atoms with E-state index in [1.54, 1.807) is 24.3 Å². The average Bonchev–Trinajstić information content (AvgIpc) is 2.72. The lowest BCUT2D eigenvalue weighted by Crippen LogP contribution is -2.23. The molecule has 10 heteroatoms. The van der Waals surface area contributed by atoms with Crippen molar-refractivity contribution in [2.45, 2.75) is 25.7 Å². The van der Waals surface area contributed by atoms with Crippen molar-refractivity contribution < 1.29 is 17.2 Å². The van der Waals surface area contributed by atoms with Crippen LogP contribution in [0.1, 0.15) is 19.5 Å². The van der Waals surface area contributed by atoms with Crippen LogP contribution < -0.4 is 14.9 Å². The molecule has 0 aliphatic carbocycles. The van der Waals surface area contributed by atoms with Gasteiger partial charge in [-0.3, -0.25) is 4.72 Å². The molecule has 3 aromatic rings. The molecule has 0 fully saturated rings. The van der Waals surface area contributed by atoms with Gasteiger partial charge in [-0.15, -0.1) is 0 Å². The second kappa shape index (κ2) is 9.25. The second-order valence-electron chi connectivity index (χ2n) is 6.75. The Bertz CT molecular complexity index is 1170. The number of aryl methyl sites for hydroxylation is 1. The summed E-state index contributed by atoms with van der Waals surface area (Å²) in [5.41, 5.74) is 1.74. The Morgan fingerprint density at radius 3 is 2.16 bits per heavy atom. The third-order valence-electron chi connectivity index (χ3n) is 4.52. The average molecular weight is 448 g/mol. The molecule has 0 radical (unpaired) electrons.